The van der Waals surface area contributed by atoms with Gasteiger partial charge < -0.3 is 11.1 Å². The van der Waals surface area contributed by atoms with Gasteiger partial charge >= 0.3 is 6.18 Å². The summed E-state index contributed by atoms with van der Waals surface area (Å²) in [7, 11) is 0. The van der Waals surface area contributed by atoms with Crippen LogP contribution in [-0.2, 0) is 6.18 Å². The molecule has 0 saturated carbocycles. The van der Waals surface area contributed by atoms with Crippen LogP contribution in [0.4, 0.5) is 23.2 Å². The van der Waals surface area contributed by atoms with E-state index in [1.54, 1.807) is 0 Å². The van der Waals surface area contributed by atoms with E-state index in [2.05, 4.69) is 17.5 Å². The van der Waals surface area contributed by atoms with Crippen LogP contribution in [0.5, 0.6) is 0 Å². The Morgan fingerprint density at radius 3 is 2.38 bits per heavy atom. The first-order chi connectivity index (χ1) is 7.21. The summed E-state index contributed by atoms with van der Waals surface area (Å²) in [6, 6.07) is 1.32. The molecule has 8 heteroatoms. The Morgan fingerprint density at radius 1 is 1.38 bits per heavy atom. The fourth-order valence-electron chi connectivity index (χ4n) is 1.02. The minimum Gasteiger partial charge on any atom is -0.376 e. The van der Waals surface area contributed by atoms with Gasteiger partial charge in [0.1, 0.15) is 5.82 Å². The summed E-state index contributed by atoms with van der Waals surface area (Å²) < 4.78 is 50.2. The molecule has 0 atom stereocenters. The number of alkyl halides is 3. The Hall–Kier alpha value is -0.640. The molecule has 0 aliphatic carbocycles. The second-order valence-electron chi connectivity index (χ2n) is 2.80. The minimum atomic E-state index is -4.62. The summed E-state index contributed by atoms with van der Waals surface area (Å²) in [6.45, 7) is 0. The van der Waals surface area contributed by atoms with E-state index >= 15 is 0 Å². The highest BCUT2D eigenvalue weighted by Crippen LogP contribution is 2.36. The molecule has 2 nitrogen and oxygen atoms in total. The first-order valence-electron chi connectivity index (χ1n) is 3.84. The van der Waals surface area contributed by atoms with Gasteiger partial charge in [-0.3, -0.25) is 0 Å². The lowest BCUT2D eigenvalue weighted by molar-refractivity contribution is -0.138. The molecule has 0 fully saturated rings. The number of anilines is 1. The van der Waals surface area contributed by atoms with E-state index in [4.69, 9.17) is 5.73 Å². The molecule has 0 aliphatic heterocycles. The van der Waals surface area contributed by atoms with Gasteiger partial charge in [-0.15, -0.1) is 0 Å². The van der Waals surface area contributed by atoms with E-state index in [1.165, 1.54) is 22.6 Å². The second-order valence-corrected chi connectivity index (χ2v) is 4.32. The zero-order chi connectivity index (χ0) is 12.5. The molecule has 1 rings (SSSR count). The van der Waals surface area contributed by atoms with Gasteiger partial charge in [0.2, 0.25) is 0 Å². The van der Waals surface area contributed by atoms with Crippen molar-refractivity contribution in [1.82, 2.24) is 0 Å². The van der Waals surface area contributed by atoms with Gasteiger partial charge in [-0.2, -0.15) is 13.2 Å². The highest BCUT2D eigenvalue weighted by Gasteiger charge is 2.34. The quantitative estimate of drug-likeness (QED) is 0.457. The van der Waals surface area contributed by atoms with Crippen LogP contribution in [0.25, 0.3) is 0 Å². The van der Waals surface area contributed by atoms with Crippen LogP contribution in [-0.4, -0.2) is 5.11 Å². The van der Waals surface area contributed by atoms with Crippen molar-refractivity contribution < 1.29 is 17.6 Å². The number of hydrogen-bond acceptors (Lipinski definition) is 1. The first-order valence-corrected chi connectivity index (χ1v) is 5.33. The Morgan fingerprint density at radius 2 is 1.94 bits per heavy atom. The smallest absolute Gasteiger partial charge is 0.376 e. The van der Waals surface area contributed by atoms with Crippen molar-refractivity contribution >= 4 is 45.6 Å². The summed E-state index contributed by atoms with van der Waals surface area (Å²) >= 11 is 5.93. The summed E-state index contributed by atoms with van der Waals surface area (Å²) in [5.74, 6) is -1.01. The van der Waals surface area contributed by atoms with Crippen molar-refractivity contribution in [2.45, 2.75) is 6.18 Å². The van der Waals surface area contributed by atoms with Gasteiger partial charge in [-0.25, -0.2) is 4.39 Å². The monoisotopic (exact) mass is 364 g/mol. The molecule has 1 aromatic carbocycles. The van der Waals surface area contributed by atoms with E-state index in [0.717, 1.165) is 6.07 Å². The third kappa shape index (κ3) is 3.17. The van der Waals surface area contributed by atoms with Crippen LogP contribution in [0, 0.1) is 9.39 Å². The SMILES string of the molecule is NC(=S)Nc1cc(F)cc(C(F)(F)F)c1I. The third-order valence-corrected chi connectivity index (χ3v) is 2.86. The maximum atomic E-state index is 13.0. The fourth-order valence-corrected chi connectivity index (χ4v) is 1.88. The number of nitrogens with one attached hydrogen (secondary N) is 1. The van der Waals surface area contributed by atoms with E-state index in [-0.39, 0.29) is 14.4 Å². The van der Waals surface area contributed by atoms with Crippen LogP contribution in [0.2, 0.25) is 0 Å². The number of halogens is 5. The number of thiocarbonyl (C=S) groups is 1. The minimum absolute atomic E-state index is 0.0968. The number of nitrogens with two attached hydrogens (primary N) is 1. The van der Waals surface area contributed by atoms with Crippen LogP contribution < -0.4 is 11.1 Å². The molecular formula is C8H5F4IN2S. The van der Waals surface area contributed by atoms with Crippen LogP contribution >= 0.6 is 34.8 Å². The van der Waals surface area contributed by atoms with Gasteiger partial charge in [0.15, 0.2) is 5.11 Å². The predicted molar refractivity (Wildman–Crippen MR) is 64.5 cm³/mol. The average molecular weight is 364 g/mol. The van der Waals surface area contributed by atoms with E-state index in [9.17, 15) is 17.6 Å². The topological polar surface area (TPSA) is 38.0 Å². The van der Waals surface area contributed by atoms with Gasteiger partial charge in [-0.05, 0) is 46.9 Å². The lowest BCUT2D eigenvalue weighted by atomic mass is 10.2. The third-order valence-electron chi connectivity index (χ3n) is 1.60. The van der Waals surface area contributed by atoms with Gasteiger partial charge in [-0.1, -0.05) is 0 Å². The molecule has 88 valence electrons. The van der Waals surface area contributed by atoms with Gasteiger partial charge in [0, 0.05) is 3.57 Å². The van der Waals surface area contributed by atoms with Crippen molar-refractivity contribution in [3.8, 4) is 0 Å². The van der Waals surface area contributed by atoms with E-state index in [1.807, 2.05) is 0 Å². The zero-order valence-corrected chi connectivity index (χ0v) is 10.5. The van der Waals surface area contributed by atoms with Crippen molar-refractivity contribution in [2.75, 3.05) is 5.32 Å². The average Bonchev–Trinajstić information content (AvgIpc) is 2.07. The fraction of sp³-hybridized carbons (Fsp3) is 0.125. The van der Waals surface area contributed by atoms with Crippen molar-refractivity contribution in [3.05, 3.63) is 27.1 Å². The normalized spacial score (nSPS) is 11.3. The molecule has 0 radical (unpaired) electrons. The Balaban J connectivity index is 3.32. The predicted octanol–water partition coefficient (Wildman–Crippen LogP) is 3.10. The summed E-state index contributed by atoms with van der Waals surface area (Å²) in [4.78, 5) is 0. The Kier molecular flexibility index (Phi) is 3.94. The highest BCUT2D eigenvalue weighted by molar-refractivity contribution is 14.1. The Bertz CT molecular complexity index is 433. The number of benzene rings is 1. The van der Waals surface area contributed by atoms with Crippen LogP contribution in [0.15, 0.2) is 12.1 Å². The van der Waals surface area contributed by atoms with Gasteiger partial charge in [0.05, 0.1) is 11.3 Å². The largest absolute Gasteiger partial charge is 0.417 e. The molecule has 0 bridgehead atoms. The second kappa shape index (κ2) is 4.70. The lowest BCUT2D eigenvalue weighted by Crippen LogP contribution is -2.21. The van der Waals surface area contributed by atoms with Gasteiger partial charge in [0.25, 0.3) is 0 Å². The molecular weight excluding hydrogens is 359 g/mol. The lowest BCUT2D eigenvalue weighted by Gasteiger charge is -2.13. The van der Waals surface area contributed by atoms with Crippen molar-refractivity contribution in [2.24, 2.45) is 5.73 Å². The zero-order valence-electron chi connectivity index (χ0n) is 7.53. The number of rotatable bonds is 1. The molecule has 16 heavy (non-hydrogen) atoms. The molecule has 0 aromatic heterocycles. The maximum absolute atomic E-state index is 13.0. The first kappa shape index (κ1) is 13.4. The maximum Gasteiger partial charge on any atom is 0.417 e. The van der Waals surface area contributed by atoms with E-state index in [0.29, 0.717) is 6.07 Å². The summed E-state index contributed by atoms with van der Waals surface area (Å²) in [5, 5.41) is 2.06. The molecule has 0 aliphatic rings. The summed E-state index contributed by atoms with van der Waals surface area (Å²) in [5.41, 5.74) is 3.96. The molecule has 0 unspecified atom stereocenters. The van der Waals surface area contributed by atoms with E-state index < -0.39 is 17.6 Å². The summed E-state index contributed by atoms with van der Waals surface area (Å²) in [6.07, 6.45) is -4.62. The molecule has 0 spiro atoms. The number of hydrogen-bond donors (Lipinski definition) is 2. The molecule has 3 N–H and O–H groups in total. The molecule has 0 saturated heterocycles. The molecule has 0 amide bonds. The van der Waals surface area contributed by atoms with Crippen molar-refractivity contribution in [3.63, 3.8) is 0 Å². The van der Waals surface area contributed by atoms with Crippen LogP contribution in [0.3, 0.4) is 0 Å². The molecule has 1 aromatic rings. The standard InChI is InChI=1S/C8H5F4IN2S/c9-3-1-4(8(10,11)12)6(13)5(2-3)15-7(14)16/h1-2H,(H3,14,15,16). The van der Waals surface area contributed by atoms with Crippen LogP contribution in [0.1, 0.15) is 5.56 Å². The highest BCUT2D eigenvalue weighted by atomic mass is 127. The molecule has 0 heterocycles. The Labute approximate surface area is 107 Å². The van der Waals surface area contributed by atoms with Crippen molar-refractivity contribution in [1.29, 1.82) is 0 Å².